The number of aromatic hydroxyl groups is 1. The summed E-state index contributed by atoms with van der Waals surface area (Å²) in [6.45, 7) is 7.49. The van der Waals surface area contributed by atoms with Crippen LogP contribution in [0.3, 0.4) is 0 Å². The quantitative estimate of drug-likeness (QED) is 0.533. The first-order valence-electron chi connectivity index (χ1n) is 6.17. The third-order valence-electron chi connectivity index (χ3n) is 2.70. The van der Waals surface area contributed by atoms with E-state index in [1.165, 1.54) is 4.90 Å². The summed E-state index contributed by atoms with van der Waals surface area (Å²) in [5, 5.41) is 9.62. The third-order valence-corrected chi connectivity index (χ3v) is 2.70. The zero-order chi connectivity index (χ0) is 15.8. The highest BCUT2D eigenvalue weighted by atomic mass is 31.2. The molecular weight excluding hydrogens is 285 g/mol. The van der Waals surface area contributed by atoms with Crippen molar-refractivity contribution in [3.8, 4) is 11.5 Å². The highest BCUT2D eigenvalue weighted by Crippen LogP contribution is 2.25. The van der Waals surface area contributed by atoms with Crippen LogP contribution in [0.2, 0.25) is 0 Å². The maximum absolute atomic E-state index is 9.62. The second kappa shape index (κ2) is 8.94. The van der Waals surface area contributed by atoms with Crippen LogP contribution < -0.4 is 14.5 Å². The molecule has 0 radical (unpaired) electrons. The molecule has 1 aromatic rings. The molecule has 0 atom stereocenters. The summed E-state index contributed by atoms with van der Waals surface area (Å²) < 4.78 is 13.8. The number of hydrogen-bond acceptors (Lipinski definition) is 4. The van der Waals surface area contributed by atoms with E-state index in [0.717, 1.165) is 25.2 Å². The zero-order valence-corrected chi connectivity index (χ0v) is 12.8. The van der Waals surface area contributed by atoms with Gasteiger partial charge in [-0.15, -0.1) is 0 Å². The molecule has 0 aliphatic carbocycles. The molecule has 20 heavy (non-hydrogen) atoms. The van der Waals surface area contributed by atoms with Gasteiger partial charge in [0.25, 0.3) is 7.82 Å². The van der Waals surface area contributed by atoms with Crippen molar-refractivity contribution in [3.05, 3.63) is 23.8 Å². The fourth-order valence-corrected chi connectivity index (χ4v) is 1.63. The normalized spacial score (nSPS) is 10.9. The van der Waals surface area contributed by atoms with Gasteiger partial charge in [0.05, 0.1) is 20.2 Å². The lowest BCUT2D eigenvalue weighted by Crippen LogP contribution is -3.10. The molecule has 0 aliphatic rings. The molecule has 0 unspecified atom stereocenters. The minimum Gasteiger partial charge on any atom is -0.756 e. The Bertz CT molecular complexity index is 435. The number of methoxy groups -OCH3 is 1. The topological polar surface area (TPSA) is 114 Å². The predicted molar refractivity (Wildman–Crippen MR) is 72.5 cm³/mol. The molecule has 0 heterocycles. The average molecular weight is 307 g/mol. The molecule has 0 bridgehead atoms. The van der Waals surface area contributed by atoms with Crippen molar-refractivity contribution in [2.75, 3.05) is 20.2 Å². The Morgan fingerprint density at radius 1 is 1.30 bits per heavy atom. The highest BCUT2D eigenvalue weighted by Gasteiger charge is 2.07. The fraction of sp³-hybridized carbons (Fsp3) is 0.500. The van der Waals surface area contributed by atoms with E-state index in [2.05, 4.69) is 13.8 Å². The molecule has 4 N–H and O–H groups in total. The van der Waals surface area contributed by atoms with Crippen molar-refractivity contribution in [1.82, 2.24) is 0 Å². The number of phenolic OH excluding ortho intramolecular Hbond substituents is 1. The van der Waals surface area contributed by atoms with E-state index < -0.39 is 7.82 Å². The smallest absolute Gasteiger partial charge is 0.262 e. The number of rotatable bonds is 5. The number of phosphoric acid groups is 1. The van der Waals surface area contributed by atoms with Crippen molar-refractivity contribution >= 4 is 7.82 Å². The van der Waals surface area contributed by atoms with Gasteiger partial charge in [0.1, 0.15) is 6.54 Å². The van der Waals surface area contributed by atoms with Gasteiger partial charge in [-0.1, -0.05) is 0 Å². The molecule has 0 saturated heterocycles. The van der Waals surface area contributed by atoms with Crippen LogP contribution in [0.15, 0.2) is 18.2 Å². The molecule has 8 heteroatoms. The third kappa shape index (κ3) is 8.90. The highest BCUT2D eigenvalue weighted by molar-refractivity contribution is 7.43. The minimum absolute atomic E-state index is 0.224. The molecule has 7 nitrogen and oxygen atoms in total. The van der Waals surface area contributed by atoms with Gasteiger partial charge >= 0.3 is 0 Å². The molecule has 0 aliphatic heterocycles. The summed E-state index contributed by atoms with van der Waals surface area (Å²) >= 11 is 0. The maximum atomic E-state index is 9.62. The van der Waals surface area contributed by atoms with Gasteiger partial charge in [0.2, 0.25) is 0 Å². The Morgan fingerprint density at radius 3 is 2.15 bits per heavy atom. The summed E-state index contributed by atoms with van der Waals surface area (Å²) in [5.74, 6) is 0.759. The van der Waals surface area contributed by atoms with Gasteiger partial charge in [-0.3, -0.25) is 4.57 Å². The van der Waals surface area contributed by atoms with E-state index in [-0.39, 0.29) is 5.75 Å². The van der Waals surface area contributed by atoms with Crippen LogP contribution in [-0.4, -0.2) is 35.1 Å². The first-order valence-corrected chi connectivity index (χ1v) is 7.70. The molecule has 0 aromatic heterocycles. The first kappa shape index (κ1) is 18.9. The van der Waals surface area contributed by atoms with Gasteiger partial charge < -0.3 is 29.4 Å². The Balaban J connectivity index is 0.000000621. The van der Waals surface area contributed by atoms with Crippen LogP contribution in [0, 0.1) is 0 Å². The van der Waals surface area contributed by atoms with Crippen LogP contribution in [0.5, 0.6) is 11.5 Å². The Hall–Kier alpha value is -1.11. The van der Waals surface area contributed by atoms with Gasteiger partial charge in [-0.05, 0) is 32.0 Å². The summed E-state index contributed by atoms with van der Waals surface area (Å²) in [7, 11) is -3.33. The lowest BCUT2D eigenvalue weighted by Gasteiger charge is -2.15. The summed E-state index contributed by atoms with van der Waals surface area (Å²) in [6, 6.07) is 5.60. The van der Waals surface area contributed by atoms with Crippen molar-refractivity contribution in [2.45, 2.75) is 20.4 Å². The summed E-state index contributed by atoms with van der Waals surface area (Å²) in [6.07, 6.45) is 0. The maximum Gasteiger partial charge on any atom is 0.262 e. The number of phenols is 1. The standard InChI is InChI=1S/C12H19NO2.H3O4P/c1-4-13(5-2)9-10-6-7-12(15-3)11(14)8-10;1-5(2,3)4/h6-8,14H,4-5,9H2,1-3H3;(H3,1,2,3,4). The molecular formula is C12H22NO6P. The van der Waals surface area contributed by atoms with E-state index in [1.807, 2.05) is 12.1 Å². The van der Waals surface area contributed by atoms with Gasteiger partial charge in [0, 0.05) is 5.56 Å². The molecule has 0 saturated carbocycles. The van der Waals surface area contributed by atoms with Crippen LogP contribution in [0.1, 0.15) is 19.4 Å². The Kier molecular flexibility index (Phi) is 8.45. The van der Waals surface area contributed by atoms with E-state index in [9.17, 15) is 5.11 Å². The fourth-order valence-electron chi connectivity index (χ4n) is 1.63. The van der Waals surface area contributed by atoms with Gasteiger partial charge in [-0.25, -0.2) is 0 Å². The molecule has 116 valence electrons. The number of nitrogens with one attached hydrogen (secondary N) is 1. The van der Waals surface area contributed by atoms with Crippen molar-refractivity contribution in [1.29, 1.82) is 0 Å². The van der Waals surface area contributed by atoms with Crippen LogP contribution in [0.4, 0.5) is 0 Å². The lowest BCUT2D eigenvalue weighted by atomic mass is 10.2. The van der Waals surface area contributed by atoms with Crippen molar-refractivity contribution in [3.63, 3.8) is 0 Å². The Morgan fingerprint density at radius 2 is 1.80 bits per heavy atom. The van der Waals surface area contributed by atoms with E-state index in [0.29, 0.717) is 5.75 Å². The van der Waals surface area contributed by atoms with E-state index >= 15 is 0 Å². The minimum atomic E-state index is -4.89. The molecule has 0 spiro atoms. The summed E-state index contributed by atoms with van der Waals surface area (Å²) in [5.41, 5.74) is 1.15. The molecule has 1 aromatic carbocycles. The zero-order valence-electron chi connectivity index (χ0n) is 11.9. The first-order chi connectivity index (χ1) is 9.21. The second-order valence-corrected chi connectivity index (χ2v) is 5.11. The van der Waals surface area contributed by atoms with Gasteiger partial charge in [0.15, 0.2) is 11.5 Å². The van der Waals surface area contributed by atoms with E-state index in [1.54, 1.807) is 13.2 Å². The Labute approximate surface area is 118 Å². The number of ether oxygens (including phenoxy) is 1. The summed E-state index contributed by atoms with van der Waals surface area (Å²) in [4.78, 5) is 24.4. The largest absolute Gasteiger partial charge is 0.756 e. The molecule has 0 amide bonds. The number of hydrogen-bond donors (Lipinski definition) is 4. The monoisotopic (exact) mass is 307 g/mol. The molecule has 1 rings (SSSR count). The predicted octanol–water partition coefficient (Wildman–Crippen LogP) is -0.735. The van der Waals surface area contributed by atoms with Crippen molar-refractivity contribution < 1.29 is 34.0 Å². The van der Waals surface area contributed by atoms with E-state index in [4.69, 9.17) is 24.0 Å². The average Bonchev–Trinajstić information content (AvgIpc) is 2.34. The molecule has 0 fully saturated rings. The van der Waals surface area contributed by atoms with Crippen molar-refractivity contribution in [2.24, 2.45) is 0 Å². The van der Waals surface area contributed by atoms with Crippen LogP contribution in [-0.2, 0) is 11.1 Å². The van der Waals surface area contributed by atoms with Crippen LogP contribution >= 0.6 is 7.82 Å². The number of quaternary nitrogens is 1. The van der Waals surface area contributed by atoms with Gasteiger partial charge in [-0.2, -0.15) is 0 Å². The lowest BCUT2D eigenvalue weighted by molar-refractivity contribution is -0.910. The van der Waals surface area contributed by atoms with Crippen LogP contribution in [0.25, 0.3) is 0 Å². The number of benzene rings is 1. The second-order valence-electron chi connectivity index (χ2n) is 4.13. The SMILES string of the molecule is CC[NH+](CC)Cc1ccc(OC)c(O)c1.O=P([O-])(O)O.